The van der Waals surface area contributed by atoms with Gasteiger partial charge in [0.2, 0.25) is 0 Å². The minimum atomic E-state index is -0.596. The van der Waals surface area contributed by atoms with Crippen molar-refractivity contribution >= 4 is 23.2 Å². The number of halogens is 3. The van der Waals surface area contributed by atoms with Crippen LogP contribution in [0.4, 0.5) is 4.39 Å². The highest BCUT2D eigenvalue weighted by Crippen LogP contribution is 2.28. The molecule has 0 heterocycles. The van der Waals surface area contributed by atoms with Crippen molar-refractivity contribution in [1.82, 2.24) is 0 Å². The Labute approximate surface area is 109 Å². The lowest BCUT2D eigenvalue weighted by Gasteiger charge is -2.15. The largest absolute Gasteiger partial charge is 0.320 e. The Bertz CT molecular complexity index is 543. The summed E-state index contributed by atoms with van der Waals surface area (Å²) in [4.78, 5) is 0. The summed E-state index contributed by atoms with van der Waals surface area (Å²) in [6.45, 7) is 0. The molecule has 4 heteroatoms. The molecule has 0 aromatic heterocycles. The predicted molar refractivity (Wildman–Crippen MR) is 68.9 cm³/mol. The third kappa shape index (κ3) is 2.60. The zero-order valence-electron chi connectivity index (χ0n) is 8.83. The van der Waals surface area contributed by atoms with Gasteiger partial charge in [0.1, 0.15) is 5.82 Å². The highest BCUT2D eigenvalue weighted by atomic mass is 35.5. The topological polar surface area (TPSA) is 26.0 Å². The molecule has 0 radical (unpaired) electrons. The van der Waals surface area contributed by atoms with E-state index in [1.165, 1.54) is 6.07 Å². The number of rotatable bonds is 2. The lowest BCUT2D eigenvalue weighted by molar-refractivity contribution is 0.600. The Kier molecular flexibility index (Phi) is 3.67. The Hall–Kier alpha value is -1.09. The average Bonchev–Trinajstić information content (AvgIpc) is 2.29. The molecule has 2 aromatic carbocycles. The summed E-state index contributed by atoms with van der Waals surface area (Å²) in [7, 11) is 0. The van der Waals surface area contributed by atoms with E-state index in [0.29, 0.717) is 21.2 Å². The zero-order valence-corrected chi connectivity index (χ0v) is 10.3. The first-order valence-corrected chi connectivity index (χ1v) is 5.80. The average molecular weight is 270 g/mol. The van der Waals surface area contributed by atoms with Crippen LogP contribution in [0.3, 0.4) is 0 Å². The zero-order chi connectivity index (χ0) is 12.4. The van der Waals surface area contributed by atoms with E-state index in [2.05, 4.69) is 0 Å². The van der Waals surface area contributed by atoms with Gasteiger partial charge < -0.3 is 5.73 Å². The van der Waals surface area contributed by atoms with Crippen LogP contribution in [0, 0.1) is 5.82 Å². The van der Waals surface area contributed by atoms with E-state index in [1.54, 1.807) is 30.3 Å². The second-order valence-electron chi connectivity index (χ2n) is 3.67. The molecule has 2 N–H and O–H groups in total. The first-order chi connectivity index (χ1) is 8.09. The minimum Gasteiger partial charge on any atom is -0.320 e. The fraction of sp³-hybridized carbons (Fsp3) is 0.0769. The van der Waals surface area contributed by atoms with Gasteiger partial charge in [-0.15, -0.1) is 0 Å². The third-order valence-electron chi connectivity index (χ3n) is 2.54. The van der Waals surface area contributed by atoms with E-state index < -0.39 is 11.9 Å². The standard InChI is InChI=1S/C13H10Cl2FN/c14-8-5-6-10(12(16)7-8)13(17)9-3-1-2-4-11(9)15/h1-7,13H,17H2. The van der Waals surface area contributed by atoms with Gasteiger partial charge in [-0.3, -0.25) is 0 Å². The van der Waals surface area contributed by atoms with Crippen molar-refractivity contribution in [3.05, 3.63) is 69.5 Å². The van der Waals surface area contributed by atoms with Gasteiger partial charge in [-0.05, 0) is 23.8 Å². The Balaban J connectivity index is 2.44. The molecule has 2 aromatic rings. The normalized spacial score (nSPS) is 12.5. The molecule has 0 amide bonds. The van der Waals surface area contributed by atoms with Gasteiger partial charge in [-0.2, -0.15) is 0 Å². The fourth-order valence-electron chi connectivity index (χ4n) is 1.65. The fourth-order valence-corrected chi connectivity index (χ4v) is 2.06. The van der Waals surface area contributed by atoms with E-state index in [0.717, 1.165) is 0 Å². The van der Waals surface area contributed by atoms with Crippen LogP contribution in [0.25, 0.3) is 0 Å². The molecule has 88 valence electrons. The molecule has 1 unspecified atom stereocenters. The van der Waals surface area contributed by atoms with Crippen LogP contribution in [0.5, 0.6) is 0 Å². The lowest BCUT2D eigenvalue weighted by Crippen LogP contribution is -2.14. The van der Waals surface area contributed by atoms with Gasteiger partial charge in [0.05, 0.1) is 6.04 Å². The van der Waals surface area contributed by atoms with Crippen molar-refractivity contribution in [2.24, 2.45) is 5.73 Å². The van der Waals surface area contributed by atoms with Crippen molar-refractivity contribution in [2.45, 2.75) is 6.04 Å². The van der Waals surface area contributed by atoms with E-state index in [1.807, 2.05) is 6.07 Å². The molecule has 0 spiro atoms. The highest BCUT2D eigenvalue weighted by molar-refractivity contribution is 6.31. The molecule has 1 nitrogen and oxygen atoms in total. The predicted octanol–water partition coefficient (Wildman–Crippen LogP) is 4.18. The van der Waals surface area contributed by atoms with Crippen LogP contribution >= 0.6 is 23.2 Å². The summed E-state index contributed by atoms with van der Waals surface area (Å²) in [5.74, 6) is -0.426. The highest BCUT2D eigenvalue weighted by Gasteiger charge is 2.15. The summed E-state index contributed by atoms with van der Waals surface area (Å²) < 4.78 is 13.7. The molecular formula is C13H10Cl2FN. The Morgan fingerprint density at radius 3 is 2.35 bits per heavy atom. The summed E-state index contributed by atoms with van der Waals surface area (Å²) in [5.41, 5.74) is 7.07. The first kappa shape index (κ1) is 12.4. The van der Waals surface area contributed by atoms with Crippen molar-refractivity contribution in [2.75, 3.05) is 0 Å². The van der Waals surface area contributed by atoms with Crippen LogP contribution in [-0.2, 0) is 0 Å². The van der Waals surface area contributed by atoms with Gasteiger partial charge in [-0.25, -0.2) is 4.39 Å². The maximum atomic E-state index is 13.7. The van der Waals surface area contributed by atoms with Crippen molar-refractivity contribution in [1.29, 1.82) is 0 Å². The molecule has 0 saturated heterocycles. The van der Waals surface area contributed by atoms with Gasteiger partial charge >= 0.3 is 0 Å². The summed E-state index contributed by atoms with van der Waals surface area (Å²) in [5, 5.41) is 0.868. The van der Waals surface area contributed by atoms with Crippen LogP contribution in [0.2, 0.25) is 10.0 Å². The summed E-state index contributed by atoms with van der Waals surface area (Å²) >= 11 is 11.7. The molecule has 0 bridgehead atoms. The van der Waals surface area contributed by atoms with Crippen LogP contribution in [0.1, 0.15) is 17.2 Å². The van der Waals surface area contributed by atoms with Crippen molar-refractivity contribution in [3.8, 4) is 0 Å². The lowest BCUT2D eigenvalue weighted by atomic mass is 9.99. The van der Waals surface area contributed by atoms with Crippen LogP contribution in [0.15, 0.2) is 42.5 Å². The number of hydrogen-bond acceptors (Lipinski definition) is 1. The van der Waals surface area contributed by atoms with Crippen molar-refractivity contribution in [3.63, 3.8) is 0 Å². The molecular weight excluding hydrogens is 260 g/mol. The second kappa shape index (κ2) is 5.05. The van der Waals surface area contributed by atoms with E-state index in [9.17, 15) is 4.39 Å². The van der Waals surface area contributed by atoms with E-state index in [4.69, 9.17) is 28.9 Å². The third-order valence-corrected chi connectivity index (χ3v) is 3.12. The minimum absolute atomic E-state index is 0.345. The molecule has 0 aliphatic rings. The SMILES string of the molecule is NC(c1ccc(Cl)cc1F)c1ccccc1Cl. The summed E-state index contributed by atoms with van der Waals surface area (Å²) in [6, 6.07) is 11.0. The maximum Gasteiger partial charge on any atom is 0.129 e. The number of hydrogen-bond donors (Lipinski definition) is 1. The molecule has 0 aliphatic heterocycles. The van der Waals surface area contributed by atoms with Crippen LogP contribution < -0.4 is 5.73 Å². The summed E-state index contributed by atoms with van der Waals surface area (Å²) in [6.07, 6.45) is 0. The second-order valence-corrected chi connectivity index (χ2v) is 4.51. The molecule has 17 heavy (non-hydrogen) atoms. The molecule has 2 rings (SSSR count). The van der Waals surface area contributed by atoms with Crippen molar-refractivity contribution < 1.29 is 4.39 Å². The van der Waals surface area contributed by atoms with Gasteiger partial charge in [-0.1, -0.05) is 47.5 Å². The number of benzene rings is 2. The van der Waals surface area contributed by atoms with E-state index >= 15 is 0 Å². The van der Waals surface area contributed by atoms with Crippen LogP contribution in [-0.4, -0.2) is 0 Å². The Morgan fingerprint density at radius 2 is 1.71 bits per heavy atom. The smallest absolute Gasteiger partial charge is 0.129 e. The monoisotopic (exact) mass is 269 g/mol. The molecule has 0 fully saturated rings. The quantitative estimate of drug-likeness (QED) is 0.870. The molecule has 0 aliphatic carbocycles. The van der Waals surface area contributed by atoms with Gasteiger partial charge in [0.25, 0.3) is 0 Å². The molecule has 0 saturated carbocycles. The molecule has 1 atom stereocenters. The van der Waals surface area contributed by atoms with Gasteiger partial charge in [0, 0.05) is 15.6 Å². The number of nitrogens with two attached hydrogens (primary N) is 1. The maximum absolute atomic E-state index is 13.7. The first-order valence-electron chi connectivity index (χ1n) is 5.04. The Morgan fingerprint density at radius 1 is 1.00 bits per heavy atom. The van der Waals surface area contributed by atoms with E-state index in [-0.39, 0.29) is 0 Å². The van der Waals surface area contributed by atoms with Gasteiger partial charge in [0.15, 0.2) is 0 Å².